The lowest BCUT2D eigenvalue weighted by atomic mass is 10.0. The Morgan fingerprint density at radius 1 is 1.56 bits per heavy atom. The molecule has 0 bridgehead atoms. The SMILES string of the molecule is CSc1cc2c(cc1F)OC/C(=C/Cl)C2=O. The van der Waals surface area contributed by atoms with Gasteiger partial charge in [-0.15, -0.1) is 11.8 Å². The van der Waals surface area contributed by atoms with Gasteiger partial charge in [0.25, 0.3) is 0 Å². The first kappa shape index (κ1) is 11.5. The van der Waals surface area contributed by atoms with Gasteiger partial charge in [0.1, 0.15) is 18.2 Å². The van der Waals surface area contributed by atoms with Crippen molar-refractivity contribution in [3.63, 3.8) is 0 Å². The quantitative estimate of drug-likeness (QED) is 0.571. The van der Waals surface area contributed by atoms with Gasteiger partial charge < -0.3 is 4.74 Å². The number of fused-ring (bicyclic) bond motifs is 1. The number of thioether (sulfide) groups is 1. The number of ether oxygens (including phenoxy) is 1. The van der Waals surface area contributed by atoms with Gasteiger partial charge in [-0.25, -0.2) is 4.39 Å². The fourth-order valence-corrected chi connectivity index (χ4v) is 2.12. The Hall–Kier alpha value is -1.00. The molecule has 0 aromatic heterocycles. The average molecular weight is 259 g/mol. The molecule has 16 heavy (non-hydrogen) atoms. The van der Waals surface area contributed by atoms with E-state index in [0.717, 1.165) is 0 Å². The summed E-state index contributed by atoms with van der Waals surface area (Å²) in [6, 6.07) is 2.74. The van der Waals surface area contributed by atoms with E-state index in [4.69, 9.17) is 16.3 Å². The highest BCUT2D eigenvalue weighted by Crippen LogP contribution is 2.32. The first-order chi connectivity index (χ1) is 7.67. The van der Waals surface area contributed by atoms with Gasteiger partial charge in [-0.1, -0.05) is 11.6 Å². The van der Waals surface area contributed by atoms with Crippen LogP contribution in [0.4, 0.5) is 4.39 Å². The molecule has 0 aliphatic carbocycles. The summed E-state index contributed by atoms with van der Waals surface area (Å²) in [4.78, 5) is 12.3. The third-order valence-corrected chi connectivity index (χ3v) is 3.32. The summed E-state index contributed by atoms with van der Waals surface area (Å²) in [5, 5.41) is 0. The Morgan fingerprint density at radius 3 is 2.94 bits per heavy atom. The predicted molar refractivity (Wildman–Crippen MR) is 61.9 cm³/mol. The lowest BCUT2D eigenvalue weighted by Gasteiger charge is -2.19. The maximum Gasteiger partial charge on any atom is 0.197 e. The summed E-state index contributed by atoms with van der Waals surface area (Å²) in [6.45, 7) is 0.0907. The molecule has 2 nitrogen and oxygen atoms in total. The van der Waals surface area contributed by atoms with Crippen LogP contribution in [0.5, 0.6) is 5.75 Å². The van der Waals surface area contributed by atoms with Gasteiger partial charge >= 0.3 is 0 Å². The number of Topliss-reactive ketones (excluding diaryl/α,β-unsaturated/α-hetero) is 1. The van der Waals surface area contributed by atoms with E-state index >= 15 is 0 Å². The van der Waals surface area contributed by atoms with Gasteiger partial charge in [-0.3, -0.25) is 4.79 Å². The first-order valence-corrected chi connectivity index (χ1v) is 6.17. The molecule has 0 saturated carbocycles. The van der Waals surface area contributed by atoms with Crippen molar-refractivity contribution in [3.8, 4) is 5.75 Å². The molecule has 0 spiro atoms. The van der Waals surface area contributed by atoms with E-state index in [1.54, 1.807) is 6.26 Å². The molecule has 0 radical (unpaired) electrons. The van der Waals surface area contributed by atoms with Gasteiger partial charge in [-0.2, -0.15) is 0 Å². The summed E-state index contributed by atoms with van der Waals surface area (Å²) < 4.78 is 18.7. The molecule has 2 rings (SSSR count). The molecule has 1 aliphatic heterocycles. The number of ketones is 1. The highest BCUT2D eigenvalue weighted by molar-refractivity contribution is 7.98. The molecule has 0 N–H and O–H groups in total. The minimum absolute atomic E-state index is 0.0907. The Labute approximate surface area is 101 Å². The number of carbonyl (C=O) groups excluding carboxylic acids is 1. The van der Waals surface area contributed by atoms with E-state index in [2.05, 4.69) is 0 Å². The number of hydrogen-bond acceptors (Lipinski definition) is 3. The molecule has 0 fully saturated rings. The number of carbonyl (C=O) groups is 1. The molecule has 84 valence electrons. The second kappa shape index (κ2) is 4.47. The molecular weight excluding hydrogens is 251 g/mol. The van der Waals surface area contributed by atoms with Crippen molar-refractivity contribution >= 4 is 29.1 Å². The zero-order valence-electron chi connectivity index (χ0n) is 8.42. The third-order valence-electron chi connectivity index (χ3n) is 2.31. The lowest BCUT2D eigenvalue weighted by Crippen LogP contribution is -2.19. The van der Waals surface area contributed by atoms with Gasteiger partial charge in [0, 0.05) is 22.1 Å². The highest BCUT2D eigenvalue weighted by Gasteiger charge is 2.24. The maximum absolute atomic E-state index is 13.4. The van der Waals surface area contributed by atoms with E-state index in [1.165, 1.54) is 29.4 Å². The Morgan fingerprint density at radius 2 is 2.31 bits per heavy atom. The molecule has 1 aromatic rings. The summed E-state index contributed by atoms with van der Waals surface area (Å²) in [5.41, 5.74) is 1.95. The third kappa shape index (κ3) is 1.83. The summed E-state index contributed by atoms with van der Waals surface area (Å²) in [5.74, 6) is -0.300. The van der Waals surface area contributed by atoms with Crippen LogP contribution in [-0.2, 0) is 0 Å². The molecule has 0 unspecified atom stereocenters. The molecular formula is C11H8ClFO2S. The number of benzene rings is 1. The van der Waals surface area contributed by atoms with E-state index in [0.29, 0.717) is 16.0 Å². The lowest BCUT2D eigenvalue weighted by molar-refractivity contribution is 0.0999. The molecule has 1 aliphatic rings. The van der Waals surface area contributed by atoms with Crippen molar-refractivity contribution in [2.24, 2.45) is 0 Å². The largest absolute Gasteiger partial charge is 0.488 e. The van der Waals surface area contributed by atoms with Crippen LogP contribution in [0.3, 0.4) is 0 Å². The van der Waals surface area contributed by atoms with E-state index in [-0.39, 0.29) is 24.0 Å². The summed E-state index contributed by atoms with van der Waals surface area (Å²) in [6.07, 6.45) is 1.75. The second-order valence-electron chi connectivity index (χ2n) is 3.24. The number of rotatable bonds is 1. The van der Waals surface area contributed by atoms with E-state index in [1.807, 2.05) is 0 Å². The normalized spacial score (nSPS) is 17.2. The van der Waals surface area contributed by atoms with Crippen LogP contribution in [0.2, 0.25) is 0 Å². The molecule has 5 heteroatoms. The zero-order valence-corrected chi connectivity index (χ0v) is 9.99. The van der Waals surface area contributed by atoms with Crippen molar-refractivity contribution in [3.05, 3.63) is 34.6 Å². The first-order valence-electron chi connectivity index (χ1n) is 4.51. The molecule has 0 saturated heterocycles. The minimum Gasteiger partial charge on any atom is -0.488 e. The highest BCUT2D eigenvalue weighted by atomic mass is 35.5. The van der Waals surface area contributed by atoms with Crippen molar-refractivity contribution in [2.45, 2.75) is 4.90 Å². The second-order valence-corrected chi connectivity index (χ2v) is 4.30. The van der Waals surface area contributed by atoms with Crippen LogP contribution in [0.15, 0.2) is 28.1 Å². The van der Waals surface area contributed by atoms with Gasteiger partial charge in [0.15, 0.2) is 5.78 Å². The fraction of sp³-hybridized carbons (Fsp3) is 0.182. The zero-order chi connectivity index (χ0) is 11.7. The number of halogens is 2. The predicted octanol–water partition coefficient (Wildman–Crippen LogP) is 3.25. The van der Waals surface area contributed by atoms with Crippen LogP contribution >= 0.6 is 23.4 Å². The monoisotopic (exact) mass is 258 g/mol. The fourth-order valence-electron chi connectivity index (χ4n) is 1.46. The molecule has 1 aromatic carbocycles. The van der Waals surface area contributed by atoms with Crippen molar-refractivity contribution in [1.82, 2.24) is 0 Å². The Bertz CT molecular complexity index is 485. The van der Waals surface area contributed by atoms with Crippen molar-refractivity contribution in [2.75, 3.05) is 12.9 Å². The smallest absolute Gasteiger partial charge is 0.197 e. The van der Waals surface area contributed by atoms with Crippen LogP contribution in [0.25, 0.3) is 0 Å². The van der Waals surface area contributed by atoms with Gasteiger partial charge in [-0.05, 0) is 12.3 Å². The van der Waals surface area contributed by atoms with Crippen LogP contribution in [-0.4, -0.2) is 18.6 Å². The maximum atomic E-state index is 13.4. The van der Waals surface area contributed by atoms with Crippen molar-refractivity contribution < 1.29 is 13.9 Å². The van der Waals surface area contributed by atoms with Crippen LogP contribution < -0.4 is 4.74 Å². The molecule has 1 heterocycles. The van der Waals surface area contributed by atoms with Crippen molar-refractivity contribution in [1.29, 1.82) is 0 Å². The van der Waals surface area contributed by atoms with E-state index in [9.17, 15) is 9.18 Å². The van der Waals surface area contributed by atoms with Crippen LogP contribution in [0, 0.1) is 5.82 Å². The average Bonchev–Trinajstić information content (AvgIpc) is 2.29. The summed E-state index contributed by atoms with van der Waals surface area (Å²) >= 11 is 6.75. The molecule has 0 amide bonds. The topological polar surface area (TPSA) is 26.3 Å². The Kier molecular flexibility index (Phi) is 3.21. The van der Waals surface area contributed by atoms with Crippen LogP contribution in [0.1, 0.15) is 10.4 Å². The van der Waals surface area contributed by atoms with Gasteiger partial charge in [0.2, 0.25) is 0 Å². The Balaban J connectivity index is 2.55. The summed E-state index contributed by atoms with van der Waals surface area (Å²) in [7, 11) is 0. The van der Waals surface area contributed by atoms with E-state index < -0.39 is 0 Å². The number of hydrogen-bond donors (Lipinski definition) is 0. The minimum atomic E-state index is -0.377. The molecule has 0 atom stereocenters. The standard InChI is InChI=1S/C11H8ClFO2S/c1-16-10-2-7-9(3-8(10)13)15-5-6(4-12)11(7)14/h2-4H,5H2,1H3/b6-4-. The van der Waals surface area contributed by atoms with Gasteiger partial charge in [0.05, 0.1) is 5.56 Å².